The molecule has 278 valence electrons. The Labute approximate surface area is 291 Å². The van der Waals surface area contributed by atoms with Gasteiger partial charge < -0.3 is 48.5 Å². The maximum atomic E-state index is 13.3. The molecule has 5 atom stereocenters. The van der Waals surface area contributed by atoms with Gasteiger partial charge in [0.25, 0.3) is 5.91 Å². The Kier molecular flexibility index (Phi) is 21.7. The normalized spacial score (nSPS) is 13.8. The van der Waals surface area contributed by atoms with Crippen LogP contribution < -0.4 is 48.8 Å². The van der Waals surface area contributed by atoms with Gasteiger partial charge in [-0.2, -0.15) is 0 Å². The number of hydrogen-bond acceptors (Lipinski definition) is 11. The molecule has 0 aromatic rings. The second kappa shape index (κ2) is 23.9. The molecule has 13 N–H and O–H groups in total. The number of hydroxylamine groups is 1. The molecule has 0 aliphatic carbocycles. The second-order valence-corrected chi connectivity index (χ2v) is 12.0. The Morgan fingerprint density at radius 1 is 0.694 bits per heavy atom. The quantitative estimate of drug-likeness (QED) is 0.0196. The number of unbranched alkanes of at least 4 members (excludes halogenated alkanes) is 1. The van der Waals surface area contributed by atoms with Crippen molar-refractivity contribution in [2.24, 2.45) is 17.4 Å². The highest BCUT2D eigenvalue weighted by atomic mass is 79.9. The summed E-state index contributed by atoms with van der Waals surface area (Å²) in [7, 11) is 0. The zero-order valence-electron chi connectivity index (χ0n) is 27.6. The van der Waals surface area contributed by atoms with E-state index in [0.717, 1.165) is 0 Å². The van der Waals surface area contributed by atoms with Crippen molar-refractivity contribution in [3.05, 3.63) is 0 Å². The van der Waals surface area contributed by atoms with Crippen molar-refractivity contribution in [2.75, 3.05) is 18.4 Å². The second-order valence-electron chi connectivity index (χ2n) is 11.4. The first kappa shape index (κ1) is 44.6. The molecule has 0 fully saturated rings. The van der Waals surface area contributed by atoms with Crippen LogP contribution in [0.2, 0.25) is 0 Å². The van der Waals surface area contributed by atoms with E-state index in [-0.39, 0.29) is 36.9 Å². The van der Waals surface area contributed by atoms with E-state index < -0.39 is 96.4 Å². The lowest BCUT2D eigenvalue weighted by Gasteiger charge is -2.25. The van der Waals surface area contributed by atoms with E-state index in [1.807, 2.05) is 0 Å². The van der Waals surface area contributed by atoms with Crippen LogP contribution >= 0.6 is 15.9 Å². The monoisotopic (exact) mass is 765 g/mol. The van der Waals surface area contributed by atoms with Crippen LogP contribution in [0, 0.1) is 5.92 Å². The van der Waals surface area contributed by atoms with Crippen LogP contribution in [0.4, 0.5) is 0 Å². The lowest BCUT2D eigenvalue weighted by molar-refractivity contribution is -0.141. The third-order valence-electron chi connectivity index (χ3n) is 6.69. The van der Waals surface area contributed by atoms with Gasteiger partial charge in [-0.3, -0.25) is 48.4 Å². The fourth-order valence-electron chi connectivity index (χ4n) is 4.19. The first-order chi connectivity index (χ1) is 22.9. The van der Waals surface area contributed by atoms with Crippen LogP contribution in [0.15, 0.2) is 0 Å². The molecule has 0 aromatic heterocycles. The number of nitrogens with one attached hydrogen (secondary N) is 7. The lowest BCUT2D eigenvalue weighted by Crippen LogP contribution is -2.58. The van der Waals surface area contributed by atoms with E-state index in [2.05, 4.69) is 47.8 Å². The van der Waals surface area contributed by atoms with Gasteiger partial charge in [-0.15, -0.1) is 0 Å². The predicted octanol–water partition coefficient (Wildman–Crippen LogP) is -3.64. The van der Waals surface area contributed by atoms with Gasteiger partial charge in [0.1, 0.15) is 30.2 Å². The van der Waals surface area contributed by atoms with E-state index in [9.17, 15) is 48.3 Å². The van der Waals surface area contributed by atoms with Crippen molar-refractivity contribution in [3.8, 4) is 0 Å². The molecule has 0 rings (SSSR count). The average Bonchev–Trinajstić information content (AvgIpc) is 3.02. The van der Waals surface area contributed by atoms with Gasteiger partial charge in [-0.1, -0.05) is 29.8 Å². The molecule has 0 radical (unpaired) electrons. The van der Waals surface area contributed by atoms with E-state index in [1.54, 1.807) is 13.8 Å². The van der Waals surface area contributed by atoms with Crippen molar-refractivity contribution in [2.45, 2.75) is 95.9 Å². The Bertz CT molecular complexity index is 1190. The molecule has 0 aliphatic rings. The Balaban J connectivity index is 5.77. The molecular formula is C28H48BrN9O11. The largest absolute Gasteiger partial charge is 0.481 e. The summed E-state index contributed by atoms with van der Waals surface area (Å²) in [5, 5.41) is 31.9. The lowest BCUT2D eigenvalue weighted by atomic mass is 10.0. The number of carbonyl (C=O) groups excluding carboxylic acids is 8. The van der Waals surface area contributed by atoms with Gasteiger partial charge in [0.2, 0.25) is 41.4 Å². The fraction of sp³-hybridized carbons (Fsp3) is 0.679. The molecule has 0 spiro atoms. The molecule has 0 bridgehead atoms. The highest BCUT2D eigenvalue weighted by Crippen LogP contribution is 2.08. The van der Waals surface area contributed by atoms with Gasteiger partial charge >= 0.3 is 5.97 Å². The molecule has 49 heavy (non-hydrogen) atoms. The molecule has 20 nitrogen and oxygen atoms in total. The number of halogens is 1. The smallest absolute Gasteiger partial charge is 0.305 e. The summed E-state index contributed by atoms with van der Waals surface area (Å²) in [5.41, 5.74) is 12.1. The maximum absolute atomic E-state index is 13.3. The number of primary amides is 1. The number of amides is 8. The SMILES string of the molecule is CC(C)C[C@H](NC(=O)[C@H](CCC(N)=O)NC(=O)C(CC(=O)O)NC(=O)CBr)C(=O)NCC(=O)N[C@@H](CCCCN)C(=O)N[C@@H](C)C(=O)NO. The summed E-state index contributed by atoms with van der Waals surface area (Å²) in [5.74, 6) is -8.28. The summed E-state index contributed by atoms with van der Waals surface area (Å²) >= 11 is 2.89. The number of aliphatic carboxylic acids is 1. The van der Waals surface area contributed by atoms with E-state index in [1.165, 1.54) is 12.4 Å². The molecule has 0 heterocycles. The molecule has 0 aromatic carbocycles. The van der Waals surface area contributed by atoms with Gasteiger partial charge in [0.15, 0.2) is 0 Å². The Morgan fingerprint density at radius 3 is 1.78 bits per heavy atom. The first-order valence-corrected chi connectivity index (χ1v) is 16.5. The van der Waals surface area contributed by atoms with Crippen LogP contribution in [0.3, 0.4) is 0 Å². The average molecular weight is 767 g/mol. The standard InChI is InChI=1S/C28H48BrN9O11/c1-14(2)10-18(25(45)32-13-22(41)34-16(6-4-5-9-30)26(46)33-15(3)24(44)38-49)37-27(47)17(7-8-20(31)39)36-28(48)19(11-23(42)43)35-21(40)12-29/h14-19,49H,4-13,30H2,1-3H3,(H2,31,39)(H,32,45)(H,33,46)(H,34,41)(H,35,40)(H,36,48)(H,37,47)(H,38,44)(H,42,43)/t15-,16-,17-,18-,19?/m0/s1. The van der Waals surface area contributed by atoms with Crippen molar-refractivity contribution in [3.63, 3.8) is 0 Å². The van der Waals surface area contributed by atoms with Crippen LogP contribution in [0.5, 0.6) is 0 Å². The minimum atomic E-state index is -1.57. The van der Waals surface area contributed by atoms with Crippen molar-refractivity contribution in [1.29, 1.82) is 0 Å². The number of nitrogens with two attached hydrogens (primary N) is 2. The first-order valence-electron chi connectivity index (χ1n) is 15.4. The molecular weight excluding hydrogens is 718 g/mol. The highest BCUT2D eigenvalue weighted by molar-refractivity contribution is 9.09. The zero-order chi connectivity index (χ0) is 37.7. The molecule has 8 amide bonds. The van der Waals surface area contributed by atoms with Crippen molar-refractivity contribution < 1.29 is 53.5 Å². The zero-order valence-corrected chi connectivity index (χ0v) is 29.2. The Morgan fingerprint density at radius 2 is 1.24 bits per heavy atom. The highest BCUT2D eigenvalue weighted by Gasteiger charge is 2.31. The third-order valence-corrected chi connectivity index (χ3v) is 7.20. The molecule has 0 aliphatic heterocycles. The van der Waals surface area contributed by atoms with Crippen LogP contribution in [-0.4, -0.2) is 112 Å². The number of rotatable bonds is 24. The minimum absolute atomic E-state index is 0.0630. The van der Waals surface area contributed by atoms with Gasteiger partial charge in [0.05, 0.1) is 18.3 Å². The summed E-state index contributed by atoms with van der Waals surface area (Å²) in [4.78, 5) is 111. The summed E-state index contributed by atoms with van der Waals surface area (Å²) < 4.78 is 0. The maximum Gasteiger partial charge on any atom is 0.305 e. The van der Waals surface area contributed by atoms with Crippen LogP contribution in [0.25, 0.3) is 0 Å². The minimum Gasteiger partial charge on any atom is -0.481 e. The Hall–Kier alpha value is -4.37. The molecule has 0 saturated carbocycles. The third kappa shape index (κ3) is 19.3. The summed E-state index contributed by atoms with van der Waals surface area (Å²) in [6.07, 6.45) is -0.336. The van der Waals surface area contributed by atoms with Crippen LogP contribution in [-0.2, 0) is 43.2 Å². The number of carbonyl (C=O) groups is 9. The van der Waals surface area contributed by atoms with E-state index in [0.29, 0.717) is 19.4 Å². The summed E-state index contributed by atoms with van der Waals surface area (Å²) in [6, 6.07) is -6.55. The van der Waals surface area contributed by atoms with E-state index in [4.69, 9.17) is 16.7 Å². The van der Waals surface area contributed by atoms with Gasteiger partial charge in [0, 0.05) is 6.42 Å². The molecule has 1 unspecified atom stereocenters. The topological polar surface area (TPSA) is 330 Å². The summed E-state index contributed by atoms with van der Waals surface area (Å²) in [6.45, 7) is 4.51. The fourth-order valence-corrected chi connectivity index (χ4v) is 4.36. The van der Waals surface area contributed by atoms with Crippen molar-refractivity contribution in [1.82, 2.24) is 37.4 Å². The van der Waals surface area contributed by atoms with E-state index >= 15 is 0 Å². The van der Waals surface area contributed by atoms with Gasteiger partial charge in [-0.25, -0.2) is 5.48 Å². The van der Waals surface area contributed by atoms with Crippen molar-refractivity contribution >= 4 is 69.2 Å². The predicted molar refractivity (Wildman–Crippen MR) is 175 cm³/mol. The number of carboxylic acids is 1. The number of carboxylic acid groups (broad SMARTS) is 1. The number of alkyl halides is 1. The molecule has 0 saturated heterocycles. The van der Waals surface area contributed by atoms with Gasteiger partial charge in [-0.05, 0) is 51.5 Å². The molecule has 21 heteroatoms. The van der Waals surface area contributed by atoms with Crippen LogP contribution in [0.1, 0.15) is 65.7 Å². The number of hydrogen-bond donors (Lipinski definition) is 11.